The van der Waals surface area contributed by atoms with Crippen LogP contribution in [0.4, 0.5) is 17.6 Å². The van der Waals surface area contributed by atoms with Crippen LogP contribution < -0.4 is 14.8 Å². The van der Waals surface area contributed by atoms with Gasteiger partial charge < -0.3 is 20.3 Å². The smallest absolute Gasteiger partial charge is 0.304 e. The Hall–Kier alpha value is -4.11. The molecular weight excluding hydrogens is 570 g/mol. The molecule has 14 heteroatoms. The molecule has 2 atom stereocenters. The number of nitrogens with one attached hydrogen (secondary N) is 2. The molecule has 0 saturated carbocycles. The SMILES string of the molecule is O=C(N[C@H]1CCOc2ccccc21)c1cnc2c(-c3cc(F)cc(F)c3F)c(F)ccc2c1C1NS(=O)(=O)C1(O)O. The van der Waals surface area contributed by atoms with Crippen molar-refractivity contribution < 1.29 is 45.7 Å². The van der Waals surface area contributed by atoms with Crippen LogP contribution in [0.3, 0.4) is 0 Å². The Morgan fingerprint density at radius 3 is 2.56 bits per heavy atom. The first-order chi connectivity index (χ1) is 19.4. The maximum absolute atomic E-state index is 15.1. The number of sulfonamides is 1. The number of hydrogen-bond donors (Lipinski definition) is 4. The Morgan fingerprint density at radius 2 is 1.83 bits per heavy atom. The van der Waals surface area contributed by atoms with Gasteiger partial charge in [-0.05, 0) is 24.3 Å². The zero-order valence-corrected chi connectivity index (χ0v) is 21.5. The molecule has 1 aromatic heterocycles. The van der Waals surface area contributed by atoms with Gasteiger partial charge in [0.05, 0.1) is 23.7 Å². The van der Waals surface area contributed by atoms with E-state index in [1.807, 2.05) is 4.72 Å². The standard InChI is InChI=1S/C27H19F4N3O6S/c28-12-9-15(23(31)18(30)10-12)22-17(29)6-5-14-21(25-27(36,37)41(38,39)34-25)16(11-32-24(14)22)26(35)33-19-7-8-40-20-4-2-1-3-13(19)20/h1-6,9-11,19,25,34,36-37H,7-8H2,(H,33,35)/t19-,25?/m0/s1. The van der Waals surface area contributed by atoms with E-state index in [1.54, 1.807) is 24.3 Å². The summed E-state index contributed by atoms with van der Waals surface area (Å²) in [4.78, 5) is 17.7. The lowest BCUT2D eigenvalue weighted by Gasteiger charge is -2.41. The second-order valence-electron chi connectivity index (χ2n) is 9.57. The first-order valence-corrected chi connectivity index (χ1v) is 13.6. The van der Waals surface area contributed by atoms with Gasteiger partial charge in [-0.25, -0.2) is 26.0 Å². The van der Waals surface area contributed by atoms with Gasteiger partial charge in [-0.2, -0.15) is 4.72 Å². The van der Waals surface area contributed by atoms with Crippen molar-refractivity contribution in [1.29, 1.82) is 0 Å². The molecule has 0 spiro atoms. The Morgan fingerprint density at radius 1 is 1.07 bits per heavy atom. The van der Waals surface area contributed by atoms with Crippen molar-refractivity contribution >= 4 is 26.8 Å². The van der Waals surface area contributed by atoms with Gasteiger partial charge in [0.2, 0.25) is 0 Å². The highest BCUT2D eigenvalue weighted by Gasteiger charge is 2.61. The average molecular weight is 590 g/mol. The van der Waals surface area contributed by atoms with Crippen molar-refractivity contribution in [3.8, 4) is 16.9 Å². The van der Waals surface area contributed by atoms with Crippen LogP contribution >= 0.6 is 0 Å². The Balaban J connectivity index is 1.55. The van der Waals surface area contributed by atoms with Crippen molar-refractivity contribution in [2.24, 2.45) is 0 Å². The topological polar surface area (TPSA) is 138 Å². The van der Waals surface area contributed by atoms with Gasteiger partial charge in [0.25, 0.3) is 15.9 Å². The molecule has 1 saturated heterocycles. The van der Waals surface area contributed by atoms with E-state index in [0.29, 0.717) is 23.8 Å². The van der Waals surface area contributed by atoms with Crippen molar-refractivity contribution in [2.45, 2.75) is 23.6 Å². The highest BCUT2D eigenvalue weighted by Crippen LogP contribution is 2.44. The Bertz CT molecular complexity index is 1870. The number of aromatic nitrogens is 1. The molecule has 41 heavy (non-hydrogen) atoms. The molecule has 1 fully saturated rings. The molecule has 212 valence electrons. The van der Waals surface area contributed by atoms with Crippen molar-refractivity contribution in [2.75, 3.05) is 6.61 Å². The lowest BCUT2D eigenvalue weighted by Crippen LogP contribution is -2.66. The zero-order chi connectivity index (χ0) is 29.3. The number of carbonyl (C=O) groups is 1. The lowest BCUT2D eigenvalue weighted by molar-refractivity contribution is -0.128. The molecule has 0 bridgehead atoms. The van der Waals surface area contributed by atoms with Crippen molar-refractivity contribution in [1.82, 2.24) is 15.0 Å². The maximum Gasteiger partial charge on any atom is 0.304 e. The van der Waals surface area contributed by atoms with Crippen molar-refractivity contribution in [3.63, 3.8) is 0 Å². The molecule has 2 aliphatic heterocycles. The van der Waals surface area contributed by atoms with Crippen LogP contribution in [0.25, 0.3) is 22.0 Å². The molecule has 1 unspecified atom stereocenters. The number of ether oxygens (including phenoxy) is 1. The number of fused-ring (bicyclic) bond motifs is 2. The summed E-state index contributed by atoms with van der Waals surface area (Å²) in [6.07, 6.45) is 1.29. The minimum atomic E-state index is -4.66. The fraction of sp³-hybridized carbons (Fsp3) is 0.185. The summed E-state index contributed by atoms with van der Waals surface area (Å²) in [6.45, 7) is 0.280. The van der Waals surface area contributed by atoms with Crippen LogP contribution in [0.1, 0.15) is 40.0 Å². The van der Waals surface area contributed by atoms with E-state index < -0.39 is 73.0 Å². The number of amides is 1. The van der Waals surface area contributed by atoms with E-state index in [1.165, 1.54) is 0 Å². The van der Waals surface area contributed by atoms with Gasteiger partial charge in [0, 0.05) is 46.3 Å². The molecule has 2 aliphatic rings. The number of carbonyl (C=O) groups excluding carboxylic acids is 1. The fourth-order valence-corrected chi connectivity index (χ4v) is 6.21. The highest BCUT2D eigenvalue weighted by molar-refractivity contribution is 7.91. The van der Waals surface area contributed by atoms with Crippen LogP contribution in [0.15, 0.2) is 54.7 Å². The summed E-state index contributed by atoms with van der Waals surface area (Å²) in [6, 6.07) is 7.26. The van der Waals surface area contributed by atoms with Crippen molar-refractivity contribution in [3.05, 3.63) is 94.7 Å². The molecule has 3 aromatic carbocycles. The van der Waals surface area contributed by atoms with Crippen LogP contribution in [0.2, 0.25) is 0 Å². The Kier molecular flexibility index (Phi) is 6.26. The number of rotatable bonds is 4. The summed E-state index contributed by atoms with van der Waals surface area (Å²) < 4.78 is 89.8. The third kappa shape index (κ3) is 4.22. The number of pyridine rings is 1. The summed E-state index contributed by atoms with van der Waals surface area (Å²) in [7, 11) is -4.66. The number of hydrogen-bond acceptors (Lipinski definition) is 7. The third-order valence-corrected chi connectivity index (χ3v) is 8.71. The quantitative estimate of drug-likeness (QED) is 0.163. The lowest BCUT2D eigenvalue weighted by atomic mass is 9.91. The molecule has 0 aliphatic carbocycles. The maximum atomic E-state index is 15.1. The number of aliphatic hydroxyl groups is 2. The second-order valence-corrected chi connectivity index (χ2v) is 11.4. The van der Waals surface area contributed by atoms with E-state index >= 15 is 4.39 Å². The summed E-state index contributed by atoms with van der Waals surface area (Å²) in [5, 5.41) is 20.1. The Labute approximate surface area is 229 Å². The van der Waals surface area contributed by atoms with Crippen LogP contribution in [-0.2, 0) is 10.0 Å². The van der Waals surface area contributed by atoms with E-state index in [9.17, 15) is 36.6 Å². The second kappa shape index (κ2) is 9.48. The summed E-state index contributed by atoms with van der Waals surface area (Å²) in [5.74, 6) is -5.78. The summed E-state index contributed by atoms with van der Waals surface area (Å²) >= 11 is 0. The minimum Gasteiger partial charge on any atom is -0.493 e. The van der Waals surface area contributed by atoms with Gasteiger partial charge in [-0.3, -0.25) is 9.78 Å². The van der Waals surface area contributed by atoms with Gasteiger partial charge in [-0.15, -0.1) is 0 Å². The molecular formula is C27H19F4N3O6S. The molecule has 4 aromatic rings. The normalized spacial score (nSPS) is 20.5. The van der Waals surface area contributed by atoms with E-state index in [4.69, 9.17) is 4.74 Å². The number of nitrogens with zero attached hydrogens (tertiary/aromatic N) is 1. The van der Waals surface area contributed by atoms with E-state index in [0.717, 1.165) is 18.3 Å². The summed E-state index contributed by atoms with van der Waals surface area (Å²) in [5.41, 5.74) is -1.91. The van der Waals surface area contributed by atoms with E-state index in [2.05, 4.69) is 10.3 Å². The zero-order valence-electron chi connectivity index (χ0n) is 20.7. The first kappa shape index (κ1) is 27.1. The van der Waals surface area contributed by atoms with E-state index in [-0.39, 0.29) is 29.2 Å². The number of halogens is 4. The van der Waals surface area contributed by atoms with Crippen LogP contribution in [0.5, 0.6) is 5.75 Å². The number of para-hydroxylation sites is 1. The predicted octanol–water partition coefficient (Wildman–Crippen LogP) is 3.32. The van der Waals surface area contributed by atoms with Gasteiger partial charge in [0.15, 0.2) is 11.6 Å². The highest BCUT2D eigenvalue weighted by atomic mass is 32.2. The molecule has 6 rings (SSSR count). The molecule has 0 radical (unpaired) electrons. The fourth-order valence-electron chi connectivity index (χ4n) is 5.14. The predicted molar refractivity (Wildman–Crippen MR) is 136 cm³/mol. The minimum absolute atomic E-state index is 0.203. The van der Waals surface area contributed by atoms with Gasteiger partial charge in [-0.1, -0.05) is 18.2 Å². The largest absolute Gasteiger partial charge is 0.493 e. The van der Waals surface area contributed by atoms with Gasteiger partial charge >= 0.3 is 5.12 Å². The molecule has 4 N–H and O–H groups in total. The third-order valence-electron chi connectivity index (χ3n) is 7.13. The first-order valence-electron chi connectivity index (χ1n) is 12.2. The molecule has 1 amide bonds. The van der Waals surface area contributed by atoms with Crippen LogP contribution in [0, 0.1) is 23.3 Å². The van der Waals surface area contributed by atoms with Gasteiger partial charge in [0.1, 0.15) is 23.4 Å². The monoisotopic (exact) mass is 589 g/mol. The van der Waals surface area contributed by atoms with Crippen LogP contribution in [-0.4, -0.2) is 41.2 Å². The number of benzene rings is 3. The molecule has 9 nitrogen and oxygen atoms in total. The average Bonchev–Trinajstić information content (AvgIpc) is 2.93. The molecule has 3 heterocycles.